The molecular formula is C25H32ClN3O6S2. The fourth-order valence-corrected chi connectivity index (χ4v) is 8.19. The monoisotopic (exact) mass is 569 g/mol. The molecule has 0 aromatic heterocycles. The predicted molar refractivity (Wildman–Crippen MR) is 140 cm³/mol. The Morgan fingerprint density at radius 3 is 2.30 bits per heavy atom. The number of methoxy groups -OCH3 is 1. The Kier molecular flexibility index (Phi) is 8.80. The Balaban J connectivity index is 1.38. The molecule has 2 aromatic carbocycles. The molecule has 2 aliphatic rings. The summed E-state index contributed by atoms with van der Waals surface area (Å²) in [5, 5.41) is 3.15. The molecule has 2 saturated heterocycles. The van der Waals surface area contributed by atoms with Crippen molar-refractivity contribution in [1.82, 2.24) is 13.9 Å². The summed E-state index contributed by atoms with van der Waals surface area (Å²) in [6.45, 7) is 1.65. The molecule has 2 aliphatic heterocycles. The van der Waals surface area contributed by atoms with Gasteiger partial charge in [-0.15, -0.1) is 0 Å². The minimum absolute atomic E-state index is 0.0249. The van der Waals surface area contributed by atoms with Crippen LogP contribution >= 0.6 is 11.6 Å². The molecule has 202 valence electrons. The van der Waals surface area contributed by atoms with Crippen LogP contribution in [0.2, 0.25) is 5.02 Å². The van der Waals surface area contributed by atoms with Crippen LogP contribution in [0.3, 0.4) is 0 Å². The third-order valence-electron chi connectivity index (χ3n) is 6.84. The minimum Gasteiger partial charge on any atom is -0.495 e. The Hall–Kier alpha value is -2.18. The third kappa shape index (κ3) is 6.28. The smallest absolute Gasteiger partial charge is 0.246 e. The van der Waals surface area contributed by atoms with E-state index >= 15 is 0 Å². The van der Waals surface area contributed by atoms with E-state index in [1.807, 2.05) is 0 Å². The van der Waals surface area contributed by atoms with Crippen molar-refractivity contribution >= 4 is 37.6 Å². The van der Waals surface area contributed by atoms with Crippen LogP contribution < -0.4 is 10.1 Å². The van der Waals surface area contributed by atoms with Gasteiger partial charge in [0.15, 0.2) is 0 Å². The van der Waals surface area contributed by atoms with Gasteiger partial charge in [-0.25, -0.2) is 16.8 Å². The number of amides is 1. The first kappa shape index (κ1) is 27.8. The van der Waals surface area contributed by atoms with Gasteiger partial charge < -0.3 is 10.1 Å². The number of ether oxygens (including phenoxy) is 1. The number of hydrogen-bond acceptors (Lipinski definition) is 6. The quantitative estimate of drug-likeness (QED) is 0.522. The second kappa shape index (κ2) is 11.7. The molecule has 0 bridgehead atoms. The van der Waals surface area contributed by atoms with Gasteiger partial charge in [0.1, 0.15) is 10.6 Å². The second-order valence-corrected chi connectivity index (χ2v) is 13.6. The zero-order valence-corrected chi connectivity index (χ0v) is 23.1. The maximum absolute atomic E-state index is 13.3. The summed E-state index contributed by atoms with van der Waals surface area (Å²) in [6.07, 6.45) is 3.90. The van der Waals surface area contributed by atoms with Crippen molar-refractivity contribution in [3.63, 3.8) is 0 Å². The molecule has 1 amide bonds. The standard InChI is InChI=1S/C25H32ClN3O6S2/c1-35-23-12-9-21(26)16-24(23)37(33,34)29-15-5-6-20(18-29)25(30)27-17-19-7-10-22(11-8-19)36(31,32)28-13-3-2-4-14-28/h7-12,16,20H,2-6,13-15,17-18H2,1H3,(H,27,30)/t20-/m0/s1. The summed E-state index contributed by atoms with van der Waals surface area (Å²) >= 11 is 6.03. The van der Waals surface area contributed by atoms with Crippen LogP contribution in [0.15, 0.2) is 52.3 Å². The Labute approximate surface area is 223 Å². The Bertz CT molecular complexity index is 1330. The molecule has 2 aromatic rings. The molecule has 0 spiro atoms. The van der Waals surface area contributed by atoms with Crippen LogP contribution in [0.1, 0.15) is 37.7 Å². The van der Waals surface area contributed by atoms with E-state index in [-0.39, 0.29) is 39.6 Å². The zero-order chi connectivity index (χ0) is 26.6. The number of benzene rings is 2. The van der Waals surface area contributed by atoms with E-state index in [4.69, 9.17) is 16.3 Å². The number of carbonyl (C=O) groups excluding carboxylic acids is 1. The number of sulfonamides is 2. The predicted octanol–water partition coefficient (Wildman–Crippen LogP) is 3.24. The van der Waals surface area contributed by atoms with Crippen molar-refractivity contribution in [3.05, 3.63) is 53.1 Å². The van der Waals surface area contributed by atoms with E-state index in [1.165, 1.54) is 27.9 Å². The highest BCUT2D eigenvalue weighted by molar-refractivity contribution is 7.89. The van der Waals surface area contributed by atoms with E-state index < -0.39 is 26.0 Å². The molecule has 0 radical (unpaired) electrons. The lowest BCUT2D eigenvalue weighted by atomic mass is 9.99. The maximum Gasteiger partial charge on any atom is 0.246 e. The normalized spacial score (nSPS) is 19.9. The average molecular weight is 570 g/mol. The summed E-state index contributed by atoms with van der Waals surface area (Å²) in [5.41, 5.74) is 0.759. The number of nitrogens with one attached hydrogen (secondary N) is 1. The highest BCUT2D eigenvalue weighted by Crippen LogP contribution is 2.32. The van der Waals surface area contributed by atoms with Crippen molar-refractivity contribution < 1.29 is 26.4 Å². The van der Waals surface area contributed by atoms with Crippen LogP contribution in [0.4, 0.5) is 0 Å². The number of nitrogens with zero attached hydrogens (tertiary/aromatic N) is 2. The molecule has 2 heterocycles. The fourth-order valence-electron chi connectivity index (χ4n) is 4.73. The molecule has 12 heteroatoms. The molecule has 9 nitrogen and oxygen atoms in total. The molecular weight excluding hydrogens is 538 g/mol. The second-order valence-electron chi connectivity index (χ2n) is 9.32. The van der Waals surface area contributed by atoms with E-state index in [1.54, 1.807) is 30.3 Å². The van der Waals surface area contributed by atoms with E-state index in [9.17, 15) is 21.6 Å². The summed E-state index contributed by atoms with van der Waals surface area (Å²) in [4.78, 5) is 13.1. The maximum atomic E-state index is 13.3. The van der Waals surface area contributed by atoms with Crippen molar-refractivity contribution in [3.8, 4) is 5.75 Å². The van der Waals surface area contributed by atoms with Crippen LogP contribution in [0, 0.1) is 5.92 Å². The summed E-state index contributed by atoms with van der Waals surface area (Å²) in [5.74, 6) is -0.558. The van der Waals surface area contributed by atoms with E-state index in [2.05, 4.69) is 5.32 Å². The van der Waals surface area contributed by atoms with Gasteiger partial charge in [-0.3, -0.25) is 4.79 Å². The van der Waals surface area contributed by atoms with Crippen molar-refractivity contribution in [2.75, 3.05) is 33.3 Å². The zero-order valence-electron chi connectivity index (χ0n) is 20.7. The van der Waals surface area contributed by atoms with Crippen LogP contribution in [0.5, 0.6) is 5.75 Å². The van der Waals surface area contributed by atoms with Crippen molar-refractivity contribution in [2.24, 2.45) is 5.92 Å². The average Bonchev–Trinajstić information content (AvgIpc) is 2.92. The lowest BCUT2D eigenvalue weighted by Gasteiger charge is -2.31. The topological polar surface area (TPSA) is 113 Å². The van der Waals surface area contributed by atoms with Gasteiger partial charge in [-0.05, 0) is 61.6 Å². The molecule has 0 unspecified atom stereocenters. The van der Waals surface area contributed by atoms with Gasteiger partial charge in [0, 0.05) is 37.7 Å². The first-order valence-corrected chi connectivity index (χ1v) is 15.6. The number of carbonyl (C=O) groups is 1. The molecule has 1 atom stereocenters. The van der Waals surface area contributed by atoms with Crippen LogP contribution in [-0.4, -0.2) is 64.6 Å². The third-order valence-corrected chi connectivity index (χ3v) is 10.9. The lowest BCUT2D eigenvalue weighted by Crippen LogP contribution is -2.45. The molecule has 37 heavy (non-hydrogen) atoms. The van der Waals surface area contributed by atoms with Crippen LogP contribution in [0.25, 0.3) is 0 Å². The van der Waals surface area contributed by atoms with E-state index in [0.717, 1.165) is 24.8 Å². The molecule has 1 N–H and O–H groups in total. The number of halogens is 1. The largest absolute Gasteiger partial charge is 0.495 e. The SMILES string of the molecule is COc1ccc(Cl)cc1S(=O)(=O)N1CCC[C@H](C(=O)NCc2ccc(S(=O)(=O)N3CCCCC3)cc2)C1. The highest BCUT2D eigenvalue weighted by atomic mass is 35.5. The molecule has 2 fully saturated rings. The number of piperidine rings is 2. The fraction of sp³-hybridized carbons (Fsp3) is 0.480. The summed E-state index contributed by atoms with van der Waals surface area (Å²) in [6, 6.07) is 10.9. The van der Waals surface area contributed by atoms with Gasteiger partial charge in [0.25, 0.3) is 0 Å². The van der Waals surface area contributed by atoms with Gasteiger partial charge in [0.05, 0.1) is 17.9 Å². The van der Waals surface area contributed by atoms with Crippen LogP contribution in [-0.2, 0) is 31.4 Å². The first-order chi connectivity index (χ1) is 17.6. The van der Waals surface area contributed by atoms with Gasteiger partial charge >= 0.3 is 0 Å². The van der Waals surface area contributed by atoms with Crippen molar-refractivity contribution in [2.45, 2.75) is 48.4 Å². The lowest BCUT2D eigenvalue weighted by molar-refractivity contribution is -0.126. The first-order valence-electron chi connectivity index (χ1n) is 12.3. The highest BCUT2D eigenvalue weighted by Gasteiger charge is 2.35. The van der Waals surface area contributed by atoms with E-state index in [0.29, 0.717) is 32.5 Å². The van der Waals surface area contributed by atoms with Gasteiger partial charge in [-0.2, -0.15) is 8.61 Å². The summed E-state index contributed by atoms with van der Waals surface area (Å²) < 4.78 is 60.3. The van der Waals surface area contributed by atoms with Gasteiger partial charge in [-0.1, -0.05) is 30.2 Å². The molecule has 0 saturated carbocycles. The summed E-state index contributed by atoms with van der Waals surface area (Å²) in [7, 11) is -6.02. The number of rotatable bonds is 8. The van der Waals surface area contributed by atoms with Gasteiger partial charge in [0.2, 0.25) is 26.0 Å². The number of hydrogen-bond donors (Lipinski definition) is 1. The Morgan fingerprint density at radius 1 is 0.946 bits per heavy atom. The molecule has 0 aliphatic carbocycles. The van der Waals surface area contributed by atoms with Crippen molar-refractivity contribution in [1.29, 1.82) is 0 Å². The molecule has 4 rings (SSSR count). The Morgan fingerprint density at radius 2 is 1.62 bits per heavy atom. The minimum atomic E-state index is -3.91.